The highest BCUT2D eigenvalue weighted by atomic mass is 16.6. The topological polar surface area (TPSA) is 82.9 Å². The molecule has 0 saturated carbocycles. The summed E-state index contributed by atoms with van der Waals surface area (Å²) < 4.78 is 7.45. The Bertz CT molecular complexity index is 1020. The smallest absolute Gasteiger partial charge is 0.410 e. The molecule has 9 heteroatoms. The number of likely N-dealkylation sites (tertiary alicyclic amines) is 1. The van der Waals surface area contributed by atoms with E-state index in [1.54, 1.807) is 11.1 Å². The lowest BCUT2D eigenvalue weighted by molar-refractivity contribution is 0.0203. The van der Waals surface area contributed by atoms with Gasteiger partial charge in [-0.05, 0) is 52.8 Å². The van der Waals surface area contributed by atoms with E-state index in [0.29, 0.717) is 25.2 Å². The van der Waals surface area contributed by atoms with E-state index in [0.717, 1.165) is 56.9 Å². The van der Waals surface area contributed by atoms with E-state index in [4.69, 9.17) is 4.74 Å². The van der Waals surface area contributed by atoms with E-state index in [2.05, 4.69) is 27.3 Å². The zero-order valence-electron chi connectivity index (χ0n) is 22.1. The van der Waals surface area contributed by atoms with E-state index < -0.39 is 5.60 Å². The Hall–Kier alpha value is -2.91. The van der Waals surface area contributed by atoms with Gasteiger partial charge in [0.25, 0.3) is 5.91 Å². The Balaban J connectivity index is 1.45. The number of nitrogens with zero attached hydrogens (tertiary/aromatic N) is 5. The molecular formula is C27H40N6O3. The van der Waals surface area contributed by atoms with Crippen LogP contribution in [0.1, 0.15) is 55.6 Å². The molecule has 1 N–H and O–H groups in total. The van der Waals surface area contributed by atoms with Crippen LogP contribution in [-0.4, -0.2) is 101 Å². The van der Waals surface area contributed by atoms with Crippen molar-refractivity contribution in [2.75, 3.05) is 59.4 Å². The van der Waals surface area contributed by atoms with Crippen molar-refractivity contribution in [1.82, 2.24) is 29.8 Å². The molecule has 2 aromatic rings. The molecule has 2 amide bonds. The van der Waals surface area contributed by atoms with Crippen molar-refractivity contribution in [3.8, 4) is 5.69 Å². The first-order chi connectivity index (χ1) is 17.2. The molecule has 3 heterocycles. The first-order valence-electron chi connectivity index (χ1n) is 13.0. The number of nitrogens with one attached hydrogen (secondary N) is 1. The van der Waals surface area contributed by atoms with Crippen molar-refractivity contribution in [3.63, 3.8) is 0 Å². The molecule has 0 radical (unpaired) electrons. The number of piperazine rings is 1. The molecule has 2 saturated heterocycles. The minimum atomic E-state index is -0.519. The summed E-state index contributed by atoms with van der Waals surface area (Å²) in [5, 5.41) is 7.75. The Morgan fingerprint density at radius 2 is 1.69 bits per heavy atom. The Morgan fingerprint density at radius 3 is 2.33 bits per heavy atom. The van der Waals surface area contributed by atoms with Crippen LogP contribution < -0.4 is 5.32 Å². The fourth-order valence-electron chi connectivity index (χ4n) is 4.86. The van der Waals surface area contributed by atoms with Crippen LogP contribution in [-0.2, 0) is 4.74 Å². The van der Waals surface area contributed by atoms with Gasteiger partial charge >= 0.3 is 6.09 Å². The quantitative estimate of drug-likeness (QED) is 0.662. The lowest BCUT2D eigenvalue weighted by atomic mass is 9.91. The predicted molar refractivity (Wildman–Crippen MR) is 140 cm³/mol. The minimum Gasteiger partial charge on any atom is -0.444 e. The van der Waals surface area contributed by atoms with Gasteiger partial charge in [-0.1, -0.05) is 18.2 Å². The van der Waals surface area contributed by atoms with Crippen LogP contribution in [0.4, 0.5) is 4.79 Å². The normalized spacial score (nSPS) is 18.3. The number of amides is 2. The lowest BCUT2D eigenvalue weighted by Gasteiger charge is -2.34. The molecule has 0 unspecified atom stereocenters. The van der Waals surface area contributed by atoms with Crippen molar-refractivity contribution in [2.24, 2.45) is 0 Å². The van der Waals surface area contributed by atoms with Gasteiger partial charge in [-0.2, -0.15) is 5.10 Å². The number of hydrogen-bond acceptors (Lipinski definition) is 6. The van der Waals surface area contributed by atoms with E-state index in [-0.39, 0.29) is 17.9 Å². The number of para-hydroxylation sites is 1. The molecule has 0 aliphatic carbocycles. The van der Waals surface area contributed by atoms with Crippen molar-refractivity contribution in [1.29, 1.82) is 0 Å². The van der Waals surface area contributed by atoms with Crippen molar-refractivity contribution < 1.29 is 14.3 Å². The molecule has 0 spiro atoms. The number of aromatic nitrogens is 2. The second kappa shape index (κ2) is 11.4. The second-order valence-corrected chi connectivity index (χ2v) is 10.8. The molecule has 4 rings (SSSR count). The fraction of sp³-hybridized carbons (Fsp3) is 0.593. The molecule has 1 aromatic heterocycles. The van der Waals surface area contributed by atoms with Gasteiger partial charge in [0.1, 0.15) is 5.60 Å². The molecule has 9 nitrogen and oxygen atoms in total. The monoisotopic (exact) mass is 496 g/mol. The van der Waals surface area contributed by atoms with Gasteiger partial charge in [0, 0.05) is 58.3 Å². The predicted octanol–water partition coefficient (Wildman–Crippen LogP) is 2.96. The molecule has 36 heavy (non-hydrogen) atoms. The third kappa shape index (κ3) is 6.64. The number of benzene rings is 1. The summed E-state index contributed by atoms with van der Waals surface area (Å²) in [5.74, 6) is 0.0284. The van der Waals surface area contributed by atoms with Crippen LogP contribution in [0, 0.1) is 0 Å². The number of ether oxygens (including phenoxy) is 1. The van der Waals surface area contributed by atoms with Gasteiger partial charge in [-0.25, -0.2) is 9.48 Å². The third-order valence-electron chi connectivity index (χ3n) is 6.89. The maximum absolute atomic E-state index is 13.3. The average Bonchev–Trinajstić information content (AvgIpc) is 3.30. The molecule has 0 bridgehead atoms. The van der Waals surface area contributed by atoms with Gasteiger partial charge in [0.05, 0.1) is 23.1 Å². The van der Waals surface area contributed by atoms with Crippen LogP contribution in [0.25, 0.3) is 5.69 Å². The highest BCUT2D eigenvalue weighted by Crippen LogP contribution is 2.32. The number of carbonyl (C=O) groups excluding carboxylic acids is 2. The Labute approximate surface area is 214 Å². The van der Waals surface area contributed by atoms with Crippen LogP contribution in [0.15, 0.2) is 36.5 Å². The molecule has 2 aliphatic rings. The van der Waals surface area contributed by atoms with Crippen molar-refractivity contribution >= 4 is 12.0 Å². The standard InChI is InChI=1S/C27H40N6O3/c1-27(2,3)36-26(35)32-13-10-21(11-14-32)24-23(20-29-33(24)22-8-6-5-7-9-22)25(34)28-12-15-31-18-16-30(4)17-19-31/h5-9,20-21H,10-19H2,1-4H3,(H,28,34). The van der Waals surface area contributed by atoms with E-state index in [9.17, 15) is 9.59 Å². The van der Waals surface area contributed by atoms with Crippen LogP contribution >= 0.6 is 0 Å². The number of likely N-dealkylation sites (N-methyl/N-ethyl adjacent to an activating group) is 1. The lowest BCUT2D eigenvalue weighted by Crippen LogP contribution is -2.47. The summed E-state index contributed by atoms with van der Waals surface area (Å²) in [5.41, 5.74) is 1.95. The number of piperidine rings is 1. The summed E-state index contributed by atoms with van der Waals surface area (Å²) in [6, 6.07) is 9.92. The molecular weight excluding hydrogens is 456 g/mol. The van der Waals surface area contributed by atoms with Crippen LogP contribution in [0.5, 0.6) is 0 Å². The summed E-state index contributed by atoms with van der Waals surface area (Å²) in [4.78, 5) is 32.3. The molecule has 0 atom stereocenters. The zero-order chi connectivity index (χ0) is 25.7. The summed E-state index contributed by atoms with van der Waals surface area (Å²) >= 11 is 0. The maximum atomic E-state index is 13.3. The van der Waals surface area contributed by atoms with Crippen molar-refractivity contribution in [2.45, 2.75) is 45.1 Å². The van der Waals surface area contributed by atoms with Gasteiger partial charge < -0.3 is 19.9 Å². The fourth-order valence-corrected chi connectivity index (χ4v) is 4.86. The van der Waals surface area contributed by atoms with Gasteiger partial charge in [-0.3, -0.25) is 9.69 Å². The van der Waals surface area contributed by atoms with Gasteiger partial charge in [0.15, 0.2) is 0 Å². The van der Waals surface area contributed by atoms with E-state index >= 15 is 0 Å². The summed E-state index contributed by atoms with van der Waals surface area (Å²) in [6.07, 6.45) is 2.91. The Kier molecular flexibility index (Phi) is 8.31. The average molecular weight is 497 g/mol. The highest BCUT2D eigenvalue weighted by Gasteiger charge is 2.32. The largest absolute Gasteiger partial charge is 0.444 e. The minimum absolute atomic E-state index is 0.0871. The van der Waals surface area contributed by atoms with Crippen molar-refractivity contribution in [3.05, 3.63) is 47.8 Å². The SMILES string of the molecule is CN1CCN(CCNC(=O)c2cnn(-c3ccccc3)c2C2CCN(C(=O)OC(C)(C)C)CC2)CC1. The summed E-state index contributed by atoms with van der Waals surface area (Å²) in [6.45, 7) is 12.4. The molecule has 2 fully saturated rings. The maximum Gasteiger partial charge on any atom is 0.410 e. The highest BCUT2D eigenvalue weighted by molar-refractivity contribution is 5.95. The molecule has 1 aromatic carbocycles. The summed E-state index contributed by atoms with van der Waals surface area (Å²) in [7, 11) is 2.14. The zero-order valence-corrected chi connectivity index (χ0v) is 22.1. The third-order valence-corrected chi connectivity index (χ3v) is 6.89. The number of hydrogen-bond donors (Lipinski definition) is 1. The van der Waals surface area contributed by atoms with Gasteiger partial charge in [-0.15, -0.1) is 0 Å². The number of carbonyl (C=O) groups is 2. The number of rotatable bonds is 6. The van der Waals surface area contributed by atoms with E-state index in [1.165, 1.54) is 0 Å². The van der Waals surface area contributed by atoms with Gasteiger partial charge in [0.2, 0.25) is 0 Å². The first kappa shape index (κ1) is 26.2. The molecule has 2 aliphatic heterocycles. The Morgan fingerprint density at radius 1 is 1.03 bits per heavy atom. The molecule has 196 valence electrons. The first-order valence-corrected chi connectivity index (χ1v) is 13.0. The van der Waals surface area contributed by atoms with Crippen LogP contribution in [0.3, 0.4) is 0 Å². The van der Waals surface area contributed by atoms with Crippen LogP contribution in [0.2, 0.25) is 0 Å². The second-order valence-electron chi connectivity index (χ2n) is 10.8. The van der Waals surface area contributed by atoms with E-state index in [1.807, 2.05) is 55.8 Å².